The number of cyclic esters (lactones) is 1. The summed E-state index contributed by atoms with van der Waals surface area (Å²) in [6, 6.07) is 8.10. The van der Waals surface area contributed by atoms with Crippen molar-refractivity contribution in [1.29, 1.82) is 0 Å². The highest BCUT2D eigenvalue weighted by atomic mass is 16.6. The lowest BCUT2D eigenvalue weighted by molar-refractivity contribution is -0.166. The lowest BCUT2D eigenvalue weighted by Crippen LogP contribution is -2.52. The average molecular weight is 506 g/mol. The second-order valence-electron chi connectivity index (χ2n) is 7.99. The zero-order valence-corrected chi connectivity index (χ0v) is 20.5. The molecular formula is C25H31NO10. The molecule has 196 valence electrons. The van der Waals surface area contributed by atoms with Crippen LogP contribution in [-0.4, -0.2) is 84.7 Å². The number of amides is 2. The van der Waals surface area contributed by atoms with Crippen LogP contribution in [0.1, 0.15) is 38.4 Å². The number of benzene rings is 1. The van der Waals surface area contributed by atoms with Crippen LogP contribution in [0.25, 0.3) is 0 Å². The molecule has 1 heterocycles. The summed E-state index contributed by atoms with van der Waals surface area (Å²) in [6.07, 6.45) is -2.67. The molecule has 0 saturated carbocycles. The number of ether oxygens (including phenoxy) is 4. The summed E-state index contributed by atoms with van der Waals surface area (Å²) in [4.78, 5) is 63.3. The monoisotopic (exact) mass is 505 g/mol. The minimum absolute atomic E-state index is 0.0814. The van der Waals surface area contributed by atoms with Gasteiger partial charge in [0.2, 0.25) is 0 Å². The Bertz CT molecular complexity index is 961. The first kappa shape index (κ1) is 28.8. The number of ketones is 2. The summed E-state index contributed by atoms with van der Waals surface area (Å²) < 4.78 is 20.7. The molecule has 36 heavy (non-hydrogen) atoms. The molecule has 0 spiro atoms. The maximum atomic E-state index is 13.3. The van der Waals surface area contributed by atoms with Crippen LogP contribution in [0, 0.1) is 0 Å². The molecule has 1 aromatic rings. The summed E-state index contributed by atoms with van der Waals surface area (Å²) in [5, 5.41) is 8.66. The van der Waals surface area contributed by atoms with Crippen molar-refractivity contribution in [3.05, 3.63) is 48.0 Å². The second-order valence-corrected chi connectivity index (χ2v) is 7.99. The molecule has 1 aliphatic rings. The van der Waals surface area contributed by atoms with Gasteiger partial charge in [-0.05, 0) is 31.1 Å². The molecule has 4 unspecified atom stereocenters. The molecule has 0 aliphatic carbocycles. The number of esters is 1. The SMILES string of the molecule is COC(C(=O)N1C(=O)OC(c2ccccc2)C1C)C(OC(C)=O)C(=O)C=CC(=O)CCCOCCO. The number of methoxy groups -OCH3 is 1. The molecule has 1 aliphatic heterocycles. The normalized spacial score (nSPS) is 19.1. The van der Waals surface area contributed by atoms with E-state index < -0.39 is 48.1 Å². The number of allylic oxidation sites excluding steroid dienone is 1. The molecular weight excluding hydrogens is 474 g/mol. The zero-order chi connectivity index (χ0) is 26.7. The average Bonchev–Trinajstić information content (AvgIpc) is 3.16. The van der Waals surface area contributed by atoms with Crippen LogP contribution >= 0.6 is 0 Å². The number of imide groups is 1. The van der Waals surface area contributed by atoms with Crippen LogP contribution in [-0.2, 0) is 38.1 Å². The Morgan fingerprint density at radius 1 is 1.11 bits per heavy atom. The quantitative estimate of drug-likeness (QED) is 0.224. The molecule has 0 radical (unpaired) electrons. The van der Waals surface area contributed by atoms with Crippen LogP contribution in [0.5, 0.6) is 0 Å². The molecule has 4 atom stereocenters. The van der Waals surface area contributed by atoms with Gasteiger partial charge in [-0.15, -0.1) is 0 Å². The lowest BCUT2D eigenvalue weighted by Gasteiger charge is -2.27. The minimum Gasteiger partial charge on any atom is -0.451 e. The maximum absolute atomic E-state index is 13.3. The summed E-state index contributed by atoms with van der Waals surface area (Å²) in [5.41, 5.74) is 0.679. The summed E-state index contributed by atoms with van der Waals surface area (Å²) in [5.74, 6) is -3.03. The fourth-order valence-electron chi connectivity index (χ4n) is 3.65. The highest BCUT2D eigenvalue weighted by Gasteiger charge is 2.48. The number of aliphatic hydroxyl groups excluding tert-OH is 1. The molecule has 1 N–H and O–H groups in total. The molecule has 1 fully saturated rings. The van der Waals surface area contributed by atoms with Crippen LogP contribution in [0.3, 0.4) is 0 Å². The van der Waals surface area contributed by atoms with Gasteiger partial charge in [-0.25, -0.2) is 9.69 Å². The number of carbonyl (C=O) groups excluding carboxylic acids is 5. The molecule has 2 amide bonds. The van der Waals surface area contributed by atoms with E-state index in [1.54, 1.807) is 37.3 Å². The van der Waals surface area contributed by atoms with Gasteiger partial charge < -0.3 is 24.1 Å². The van der Waals surface area contributed by atoms with E-state index in [0.29, 0.717) is 12.0 Å². The third-order valence-electron chi connectivity index (χ3n) is 5.36. The predicted molar refractivity (Wildman–Crippen MR) is 125 cm³/mol. The Hall–Kier alpha value is -3.41. The van der Waals surface area contributed by atoms with Gasteiger partial charge in [0.15, 0.2) is 23.8 Å². The third kappa shape index (κ3) is 7.80. The van der Waals surface area contributed by atoms with Gasteiger partial charge in [0, 0.05) is 27.1 Å². The standard InChI is InChI=1S/C25H31NO10/c1-16-21(18-8-5-4-6-9-18)36-25(32)26(16)24(31)23(33-3)22(35-17(2)28)20(30)12-11-19(29)10-7-14-34-15-13-27/h4-6,8-9,11-12,16,21-23,27H,7,10,13-15H2,1-3H3. The number of nitrogens with zero attached hydrogens (tertiary/aromatic N) is 1. The van der Waals surface area contributed by atoms with Crippen molar-refractivity contribution < 1.29 is 48.0 Å². The first-order valence-corrected chi connectivity index (χ1v) is 11.4. The van der Waals surface area contributed by atoms with Gasteiger partial charge in [0.1, 0.15) is 6.10 Å². The van der Waals surface area contributed by atoms with E-state index in [2.05, 4.69) is 0 Å². The predicted octanol–water partition coefficient (Wildman–Crippen LogP) is 1.53. The van der Waals surface area contributed by atoms with Gasteiger partial charge in [0.05, 0.1) is 19.3 Å². The smallest absolute Gasteiger partial charge is 0.417 e. The first-order chi connectivity index (χ1) is 17.2. The van der Waals surface area contributed by atoms with E-state index in [1.807, 2.05) is 0 Å². The third-order valence-corrected chi connectivity index (χ3v) is 5.36. The van der Waals surface area contributed by atoms with E-state index >= 15 is 0 Å². The van der Waals surface area contributed by atoms with E-state index in [1.165, 1.54) is 0 Å². The highest BCUT2D eigenvalue weighted by molar-refractivity contribution is 6.05. The Morgan fingerprint density at radius 3 is 2.42 bits per heavy atom. The summed E-state index contributed by atoms with van der Waals surface area (Å²) in [7, 11) is 1.13. The molecule has 11 heteroatoms. The van der Waals surface area contributed by atoms with Gasteiger partial charge >= 0.3 is 12.1 Å². The van der Waals surface area contributed by atoms with Gasteiger partial charge in [0.25, 0.3) is 5.91 Å². The van der Waals surface area contributed by atoms with Gasteiger partial charge in [-0.3, -0.25) is 19.2 Å². The molecule has 1 saturated heterocycles. The number of carbonyl (C=O) groups is 5. The maximum Gasteiger partial charge on any atom is 0.417 e. The van der Waals surface area contributed by atoms with Crippen molar-refractivity contribution in [2.75, 3.05) is 26.9 Å². The molecule has 11 nitrogen and oxygen atoms in total. The molecule has 0 aromatic heterocycles. The van der Waals surface area contributed by atoms with Crippen molar-refractivity contribution in [2.24, 2.45) is 0 Å². The Labute approximate surface area is 208 Å². The second kappa shape index (κ2) is 14.2. The number of rotatable bonds is 14. The van der Waals surface area contributed by atoms with E-state index in [9.17, 15) is 24.0 Å². The fourth-order valence-corrected chi connectivity index (χ4v) is 3.65. The number of hydrogen-bond acceptors (Lipinski definition) is 10. The van der Waals surface area contributed by atoms with Gasteiger partial charge in [-0.2, -0.15) is 0 Å². The van der Waals surface area contributed by atoms with E-state index in [0.717, 1.165) is 31.1 Å². The van der Waals surface area contributed by atoms with E-state index in [-0.39, 0.29) is 32.0 Å². The van der Waals surface area contributed by atoms with Gasteiger partial charge in [-0.1, -0.05) is 30.3 Å². The van der Waals surface area contributed by atoms with Crippen LogP contribution < -0.4 is 0 Å². The number of aliphatic hydroxyl groups is 1. The molecule has 2 rings (SSSR count). The molecule has 1 aromatic carbocycles. The van der Waals surface area contributed by atoms with Crippen molar-refractivity contribution in [2.45, 2.75) is 51.0 Å². The molecule has 0 bridgehead atoms. The fraction of sp³-hybridized carbons (Fsp3) is 0.480. The largest absolute Gasteiger partial charge is 0.451 e. The van der Waals surface area contributed by atoms with Crippen LogP contribution in [0.15, 0.2) is 42.5 Å². The van der Waals surface area contributed by atoms with Crippen molar-refractivity contribution in [1.82, 2.24) is 4.90 Å². The Kier molecular flexibility index (Phi) is 11.4. The zero-order valence-electron chi connectivity index (χ0n) is 20.5. The Morgan fingerprint density at radius 2 is 1.81 bits per heavy atom. The van der Waals surface area contributed by atoms with Crippen molar-refractivity contribution >= 4 is 29.5 Å². The van der Waals surface area contributed by atoms with E-state index in [4.69, 9.17) is 24.1 Å². The Balaban J connectivity index is 2.14. The first-order valence-electron chi connectivity index (χ1n) is 11.4. The summed E-state index contributed by atoms with van der Waals surface area (Å²) >= 11 is 0. The van der Waals surface area contributed by atoms with Crippen LogP contribution in [0.2, 0.25) is 0 Å². The topological polar surface area (TPSA) is 146 Å². The minimum atomic E-state index is -1.73. The van der Waals surface area contributed by atoms with Crippen molar-refractivity contribution in [3.8, 4) is 0 Å². The van der Waals surface area contributed by atoms with Crippen LogP contribution in [0.4, 0.5) is 4.79 Å². The lowest BCUT2D eigenvalue weighted by atomic mass is 10.0. The number of hydrogen-bond donors (Lipinski definition) is 1. The summed E-state index contributed by atoms with van der Waals surface area (Å²) in [6.45, 7) is 2.96. The van der Waals surface area contributed by atoms with Crippen molar-refractivity contribution in [3.63, 3.8) is 0 Å². The highest BCUT2D eigenvalue weighted by Crippen LogP contribution is 2.33.